The molecule has 3 heterocycles. The summed E-state index contributed by atoms with van der Waals surface area (Å²) in [5, 5.41) is 0. The lowest BCUT2D eigenvalue weighted by Crippen LogP contribution is -2.44. The zero-order valence-electron chi connectivity index (χ0n) is 11.3. The van der Waals surface area contributed by atoms with E-state index >= 15 is 0 Å². The highest BCUT2D eigenvalue weighted by Crippen LogP contribution is 2.47. The van der Waals surface area contributed by atoms with Crippen LogP contribution in [0.4, 0.5) is 5.69 Å². The Morgan fingerprint density at radius 3 is 2.63 bits per heavy atom. The summed E-state index contributed by atoms with van der Waals surface area (Å²) in [7, 11) is -1.11. The summed E-state index contributed by atoms with van der Waals surface area (Å²) in [6, 6.07) is 1.99. The average Bonchev–Trinajstić information content (AvgIpc) is 2.69. The molecule has 2 aliphatic heterocycles. The molecule has 1 aromatic rings. The van der Waals surface area contributed by atoms with E-state index in [1.165, 1.54) is 10.6 Å². The summed E-state index contributed by atoms with van der Waals surface area (Å²) < 4.78 is 25.5. The Kier molecular flexibility index (Phi) is 2.83. The quantitative estimate of drug-likeness (QED) is 0.765. The molecule has 3 rings (SSSR count). The van der Waals surface area contributed by atoms with Crippen molar-refractivity contribution in [3.63, 3.8) is 0 Å². The van der Waals surface area contributed by atoms with Crippen LogP contribution in [0.5, 0.6) is 0 Å². The van der Waals surface area contributed by atoms with Gasteiger partial charge in [-0.15, -0.1) is 0 Å². The molecule has 0 atom stereocenters. The van der Waals surface area contributed by atoms with Gasteiger partial charge in [0.1, 0.15) is 0 Å². The van der Waals surface area contributed by atoms with Gasteiger partial charge in [0.2, 0.25) is 10.0 Å². The van der Waals surface area contributed by atoms with Gasteiger partial charge in [-0.25, -0.2) is 8.42 Å². The molecule has 0 bridgehead atoms. The molecule has 1 aromatic heterocycles. The molecule has 1 saturated heterocycles. The fraction of sp³-hybridized carbons (Fsp3) is 0.615. The van der Waals surface area contributed by atoms with Crippen molar-refractivity contribution in [3.05, 3.63) is 24.0 Å². The van der Waals surface area contributed by atoms with Crippen LogP contribution < -0.4 is 4.31 Å². The number of anilines is 1. The predicted octanol–water partition coefficient (Wildman–Crippen LogP) is 0.825. The topological polar surface area (TPSA) is 53.5 Å². The third-order valence-corrected chi connectivity index (χ3v) is 5.56. The van der Waals surface area contributed by atoms with Crippen LogP contribution in [-0.4, -0.2) is 51.2 Å². The van der Waals surface area contributed by atoms with Crippen molar-refractivity contribution in [3.8, 4) is 0 Å². The molecule has 5 nitrogen and oxygen atoms in total. The molecule has 2 aliphatic rings. The van der Waals surface area contributed by atoms with Crippen LogP contribution >= 0.6 is 0 Å². The lowest BCUT2D eigenvalue weighted by molar-refractivity contribution is 0.198. The molecule has 1 fully saturated rings. The van der Waals surface area contributed by atoms with Gasteiger partial charge in [-0.2, -0.15) is 0 Å². The number of rotatable bonds is 1. The molecule has 104 valence electrons. The lowest BCUT2D eigenvalue weighted by Gasteiger charge is -2.38. The van der Waals surface area contributed by atoms with Crippen LogP contribution in [0.3, 0.4) is 0 Å². The second-order valence-corrected chi connectivity index (χ2v) is 7.65. The van der Waals surface area contributed by atoms with Gasteiger partial charge in [0.05, 0.1) is 18.1 Å². The average molecular weight is 281 g/mol. The molecule has 0 aromatic carbocycles. The number of hydrogen-bond donors (Lipinski definition) is 0. The molecule has 0 saturated carbocycles. The van der Waals surface area contributed by atoms with E-state index in [1.807, 2.05) is 6.07 Å². The Hall–Kier alpha value is -1.14. The highest BCUT2D eigenvalue weighted by molar-refractivity contribution is 7.92. The van der Waals surface area contributed by atoms with E-state index in [0.29, 0.717) is 6.54 Å². The van der Waals surface area contributed by atoms with Crippen LogP contribution in [0.2, 0.25) is 0 Å². The summed E-state index contributed by atoms with van der Waals surface area (Å²) in [5.74, 6) is 0. The van der Waals surface area contributed by atoms with Gasteiger partial charge in [-0.3, -0.25) is 9.29 Å². The van der Waals surface area contributed by atoms with Crippen LogP contribution in [0.15, 0.2) is 18.5 Å². The van der Waals surface area contributed by atoms with E-state index in [4.69, 9.17) is 0 Å². The summed E-state index contributed by atoms with van der Waals surface area (Å²) >= 11 is 0. The minimum Gasteiger partial charge on any atom is -0.306 e. The van der Waals surface area contributed by atoms with Crippen molar-refractivity contribution in [2.24, 2.45) is 0 Å². The summed E-state index contributed by atoms with van der Waals surface area (Å²) in [5.41, 5.74) is 1.91. The Labute approximate surface area is 114 Å². The number of piperidine rings is 1. The third kappa shape index (κ3) is 2.03. The van der Waals surface area contributed by atoms with E-state index < -0.39 is 10.0 Å². The number of fused-ring (bicyclic) bond motifs is 2. The van der Waals surface area contributed by atoms with Gasteiger partial charge in [-0.05, 0) is 44.6 Å². The molecule has 19 heavy (non-hydrogen) atoms. The highest BCUT2D eigenvalue weighted by atomic mass is 32.2. The van der Waals surface area contributed by atoms with E-state index in [9.17, 15) is 8.42 Å². The molecular weight excluding hydrogens is 262 g/mol. The van der Waals surface area contributed by atoms with Gasteiger partial charge in [0, 0.05) is 18.2 Å². The Morgan fingerprint density at radius 2 is 2.00 bits per heavy atom. The Morgan fingerprint density at radius 1 is 1.32 bits per heavy atom. The van der Waals surface area contributed by atoms with Crippen molar-refractivity contribution in [1.82, 2.24) is 9.88 Å². The standard InChI is InChI=1S/C13H19N3O2S/c1-15-7-4-13(5-8-15)10-16(19(2,17)18)12-9-14-6-3-11(12)13/h3,6,9H,4-5,7-8,10H2,1-2H3. The monoisotopic (exact) mass is 281 g/mol. The molecule has 0 amide bonds. The molecular formula is C13H19N3O2S. The van der Waals surface area contributed by atoms with Crippen LogP contribution in [0.1, 0.15) is 18.4 Å². The highest BCUT2D eigenvalue weighted by Gasteiger charge is 2.46. The van der Waals surface area contributed by atoms with Crippen molar-refractivity contribution >= 4 is 15.7 Å². The maximum atomic E-state index is 12.0. The minimum absolute atomic E-state index is 0.0200. The van der Waals surface area contributed by atoms with Gasteiger partial charge >= 0.3 is 0 Å². The van der Waals surface area contributed by atoms with E-state index in [2.05, 4.69) is 16.9 Å². The number of pyridine rings is 1. The number of nitrogens with zero attached hydrogens (tertiary/aromatic N) is 3. The van der Waals surface area contributed by atoms with E-state index in [1.54, 1.807) is 12.4 Å². The molecule has 0 N–H and O–H groups in total. The Bertz CT molecular complexity index is 592. The first-order chi connectivity index (χ1) is 8.92. The van der Waals surface area contributed by atoms with E-state index in [0.717, 1.165) is 37.2 Å². The maximum absolute atomic E-state index is 12.0. The molecule has 0 aliphatic carbocycles. The second kappa shape index (κ2) is 4.18. The predicted molar refractivity (Wildman–Crippen MR) is 74.8 cm³/mol. The number of hydrogen-bond acceptors (Lipinski definition) is 4. The number of likely N-dealkylation sites (tertiary alicyclic amines) is 1. The SMILES string of the molecule is CN1CCC2(CC1)CN(S(C)(=O)=O)c1cnccc12. The first kappa shape index (κ1) is 12.9. The minimum atomic E-state index is -3.23. The first-order valence-electron chi connectivity index (χ1n) is 6.53. The first-order valence-corrected chi connectivity index (χ1v) is 8.38. The maximum Gasteiger partial charge on any atom is 0.232 e. The van der Waals surface area contributed by atoms with E-state index in [-0.39, 0.29) is 5.41 Å². The summed E-state index contributed by atoms with van der Waals surface area (Å²) in [6.07, 6.45) is 6.74. The van der Waals surface area contributed by atoms with Gasteiger partial charge in [0.15, 0.2) is 0 Å². The molecule has 0 unspecified atom stereocenters. The largest absolute Gasteiger partial charge is 0.306 e. The zero-order valence-corrected chi connectivity index (χ0v) is 12.2. The molecule has 1 spiro atoms. The fourth-order valence-corrected chi connectivity index (χ4v) is 4.23. The third-order valence-electron chi connectivity index (χ3n) is 4.43. The van der Waals surface area contributed by atoms with Crippen LogP contribution in [0, 0.1) is 0 Å². The summed E-state index contributed by atoms with van der Waals surface area (Å²) in [4.78, 5) is 6.40. The fourth-order valence-electron chi connectivity index (χ4n) is 3.25. The van der Waals surface area contributed by atoms with Gasteiger partial charge in [0.25, 0.3) is 0 Å². The number of sulfonamides is 1. The van der Waals surface area contributed by atoms with Crippen LogP contribution in [0.25, 0.3) is 0 Å². The van der Waals surface area contributed by atoms with Crippen molar-refractivity contribution in [2.45, 2.75) is 18.3 Å². The summed E-state index contributed by atoms with van der Waals surface area (Å²) in [6.45, 7) is 2.60. The Balaban J connectivity index is 2.07. The molecule has 6 heteroatoms. The smallest absolute Gasteiger partial charge is 0.232 e. The van der Waals surface area contributed by atoms with Crippen LogP contribution in [-0.2, 0) is 15.4 Å². The normalized spacial score (nSPS) is 22.7. The van der Waals surface area contributed by atoms with Gasteiger partial charge in [-0.1, -0.05) is 0 Å². The number of aromatic nitrogens is 1. The lowest BCUT2D eigenvalue weighted by atomic mass is 9.75. The molecule has 0 radical (unpaired) electrons. The van der Waals surface area contributed by atoms with Crippen molar-refractivity contribution in [1.29, 1.82) is 0 Å². The van der Waals surface area contributed by atoms with Gasteiger partial charge < -0.3 is 4.90 Å². The second-order valence-electron chi connectivity index (χ2n) is 5.75. The van der Waals surface area contributed by atoms with Crippen molar-refractivity contribution in [2.75, 3.05) is 37.2 Å². The zero-order chi connectivity index (χ0) is 13.7. The van der Waals surface area contributed by atoms with Crippen molar-refractivity contribution < 1.29 is 8.42 Å².